The molecule has 0 amide bonds. The molecular formula is C10H14N2OS. The second-order valence-electron chi connectivity index (χ2n) is 3.18. The number of hydrogen-bond acceptors (Lipinski definition) is 2. The first kappa shape index (κ1) is 10.8. The predicted octanol–water partition coefficient (Wildman–Crippen LogP) is 2.13. The summed E-state index contributed by atoms with van der Waals surface area (Å²) in [6, 6.07) is 7.52. The van der Waals surface area contributed by atoms with Gasteiger partial charge in [0.1, 0.15) is 5.75 Å². The second-order valence-corrected chi connectivity index (χ2v) is 3.62. The van der Waals surface area contributed by atoms with Crippen LogP contribution in [0.1, 0.15) is 13.8 Å². The molecule has 0 fully saturated rings. The first-order valence-electron chi connectivity index (χ1n) is 4.41. The van der Waals surface area contributed by atoms with Gasteiger partial charge in [0.05, 0.1) is 6.10 Å². The Hall–Kier alpha value is -1.29. The summed E-state index contributed by atoms with van der Waals surface area (Å²) < 4.78 is 5.51. The first-order valence-corrected chi connectivity index (χ1v) is 4.82. The van der Waals surface area contributed by atoms with Gasteiger partial charge in [0.15, 0.2) is 5.11 Å². The highest BCUT2D eigenvalue weighted by Gasteiger charge is 1.99. The van der Waals surface area contributed by atoms with Gasteiger partial charge >= 0.3 is 0 Å². The number of rotatable bonds is 3. The molecule has 14 heavy (non-hydrogen) atoms. The molecule has 3 nitrogen and oxygen atoms in total. The summed E-state index contributed by atoms with van der Waals surface area (Å²) in [5, 5.41) is 3.10. The van der Waals surface area contributed by atoms with Crippen molar-refractivity contribution in [1.82, 2.24) is 0 Å². The van der Waals surface area contributed by atoms with Crippen LogP contribution >= 0.6 is 12.2 Å². The van der Waals surface area contributed by atoms with E-state index in [0.717, 1.165) is 11.4 Å². The molecule has 0 aliphatic rings. The molecule has 0 radical (unpaired) electrons. The summed E-state index contributed by atoms with van der Waals surface area (Å²) in [6.07, 6.45) is 0.162. The largest absolute Gasteiger partial charge is 0.491 e. The van der Waals surface area contributed by atoms with Crippen LogP contribution in [0.3, 0.4) is 0 Å². The number of anilines is 1. The van der Waals surface area contributed by atoms with Crippen molar-refractivity contribution in [1.29, 1.82) is 0 Å². The van der Waals surface area contributed by atoms with Crippen molar-refractivity contribution in [3.8, 4) is 5.75 Å². The van der Waals surface area contributed by atoms with Crippen LogP contribution < -0.4 is 15.8 Å². The number of nitrogens with two attached hydrogens (primary N) is 1. The van der Waals surface area contributed by atoms with E-state index in [4.69, 9.17) is 22.7 Å². The summed E-state index contributed by atoms with van der Waals surface area (Å²) in [7, 11) is 0. The minimum atomic E-state index is 0.162. The van der Waals surface area contributed by atoms with Gasteiger partial charge in [0.25, 0.3) is 0 Å². The third kappa shape index (κ3) is 3.62. The van der Waals surface area contributed by atoms with Gasteiger partial charge in [0.2, 0.25) is 0 Å². The van der Waals surface area contributed by atoms with E-state index in [2.05, 4.69) is 5.32 Å². The van der Waals surface area contributed by atoms with E-state index in [9.17, 15) is 0 Å². The van der Waals surface area contributed by atoms with Crippen LogP contribution in [0.4, 0.5) is 5.69 Å². The number of benzene rings is 1. The van der Waals surface area contributed by atoms with Crippen LogP contribution in [-0.4, -0.2) is 11.2 Å². The molecule has 0 spiro atoms. The van der Waals surface area contributed by atoms with Crippen molar-refractivity contribution in [2.75, 3.05) is 5.32 Å². The van der Waals surface area contributed by atoms with Crippen molar-refractivity contribution < 1.29 is 4.74 Å². The number of ether oxygens (including phenoxy) is 1. The first-order chi connectivity index (χ1) is 6.58. The Labute approximate surface area is 89.3 Å². The van der Waals surface area contributed by atoms with Crippen molar-refractivity contribution in [3.63, 3.8) is 0 Å². The Kier molecular flexibility index (Phi) is 3.71. The van der Waals surface area contributed by atoms with Crippen LogP contribution in [0, 0.1) is 0 Å². The van der Waals surface area contributed by atoms with Crippen LogP contribution in [0.2, 0.25) is 0 Å². The lowest BCUT2D eigenvalue weighted by atomic mass is 10.3. The summed E-state index contributed by atoms with van der Waals surface area (Å²) in [6.45, 7) is 3.96. The quantitative estimate of drug-likeness (QED) is 0.750. The van der Waals surface area contributed by atoms with Crippen molar-refractivity contribution in [2.45, 2.75) is 20.0 Å². The molecule has 0 saturated heterocycles. The molecule has 0 heterocycles. The van der Waals surface area contributed by atoms with Crippen LogP contribution in [0.5, 0.6) is 5.75 Å². The maximum atomic E-state index is 5.51. The van der Waals surface area contributed by atoms with Gasteiger partial charge in [-0.3, -0.25) is 0 Å². The number of thiocarbonyl (C=S) groups is 1. The Morgan fingerprint density at radius 2 is 2.21 bits per heavy atom. The summed E-state index contributed by atoms with van der Waals surface area (Å²) in [4.78, 5) is 0. The predicted molar refractivity (Wildman–Crippen MR) is 62.6 cm³/mol. The third-order valence-corrected chi connectivity index (χ3v) is 1.58. The third-order valence-electron chi connectivity index (χ3n) is 1.47. The topological polar surface area (TPSA) is 47.3 Å². The molecule has 1 aromatic carbocycles. The summed E-state index contributed by atoms with van der Waals surface area (Å²) in [5.41, 5.74) is 6.20. The summed E-state index contributed by atoms with van der Waals surface area (Å²) in [5.74, 6) is 0.807. The van der Waals surface area contributed by atoms with E-state index in [1.165, 1.54) is 0 Å². The molecule has 3 N–H and O–H groups in total. The van der Waals surface area contributed by atoms with E-state index in [1.54, 1.807) is 0 Å². The van der Waals surface area contributed by atoms with Crippen molar-refractivity contribution in [3.05, 3.63) is 24.3 Å². The summed E-state index contributed by atoms with van der Waals surface area (Å²) >= 11 is 4.73. The normalized spacial score (nSPS) is 9.93. The fourth-order valence-electron chi connectivity index (χ4n) is 1.06. The lowest BCUT2D eigenvalue weighted by Gasteiger charge is -2.11. The Balaban J connectivity index is 2.73. The molecule has 76 valence electrons. The molecule has 1 rings (SSSR count). The standard InChI is InChI=1S/C10H14N2OS/c1-7(2)13-9-5-3-4-8(6-9)12-10(11)14/h3-7H,1-2H3,(H3,11,12,14). The molecule has 0 aliphatic carbocycles. The zero-order chi connectivity index (χ0) is 10.6. The maximum absolute atomic E-state index is 5.51. The van der Waals surface area contributed by atoms with E-state index >= 15 is 0 Å². The molecule has 4 heteroatoms. The fourth-order valence-corrected chi connectivity index (χ4v) is 1.18. The molecule has 0 bridgehead atoms. The molecule has 0 atom stereocenters. The monoisotopic (exact) mass is 210 g/mol. The maximum Gasteiger partial charge on any atom is 0.168 e. The molecule has 0 unspecified atom stereocenters. The van der Waals surface area contributed by atoms with E-state index in [-0.39, 0.29) is 11.2 Å². The van der Waals surface area contributed by atoms with Gasteiger partial charge in [0, 0.05) is 11.8 Å². The van der Waals surface area contributed by atoms with Crippen molar-refractivity contribution in [2.24, 2.45) is 5.73 Å². The Bertz CT molecular complexity index is 326. The van der Waals surface area contributed by atoms with Gasteiger partial charge in [-0.15, -0.1) is 0 Å². The smallest absolute Gasteiger partial charge is 0.168 e. The fraction of sp³-hybridized carbons (Fsp3) is 0.300. The van der Waals surface area contributed by atoms with E-state index in [0.29, 0.717) is 0 Å². The SMILES string of the molecule is CC(C)Oc1cccc(NC(N)=S)c1. The average molecular weight is 210 g/mol. The molecule has 0 aromatic heterocycles. The van der Waals surface area contributed by atoms with Gasteiger partial charge < -0.3 is 15.8 Å². The molecule has 0 saturated carbocycles. The van der Waals surface area contributed by atoms with Gasteiger partial charge in [-0.25, -0.2) is 0 Å². The highest BCUT2D eigenvalue weighted by Crippen LogP contribution is 2.18. The molecule has 0 aliphatic heterocycles. The van der Waals surface area contributed by atoms with Gasteiger partial charge in [-0.1, -0.05) is 6.07 Å². The van der Waals surface area contributed by atoms with Gasteiger partial charge in [-0.2, -0.15) is 0 Å². The minimum absolute atomic E-state index is 0.162. The van der Waals surface area contributed by atoms with Crippen molar-refractivity contribution >= 4 is 23.0 Å². The number of nitrogens with one attached hydrogen (secondary N) is 1. The van der Waals surface area contributed by atoms with Crippen LogP contribution in [0.25, 0.3) is 0 Å². The van der Waals surface area contributed by atoms with Crippen LogP contribution in [-0.2, 0) is 0 Å². The second kappa shape index (κ2) is 4.81. The van der Waals surface area contributed by atoms with E-state index < -0.39 is 0 Å². The molecule has 1 aromatic rings. The lowest BCUT2D eigenvalue weighted by molar-refractivity contribution is 0.242. The van der Waals surface area contributed by atoms with Gasteiger partial charge in [-0.05, 0) is 38.2 Å². The zero-order valence-electron chi connectivity index (χ0n) is 8.28. The Morgan fingerprint density at radius 3 is 2.79 bits per heavy atom. The highest BCUT2D eigenvalue weighted by atomic mass is 32.1. The van der Waals surface area contributed by atoms with Crippen LogP contribution in [0.15, 0.2) is 24.3 Å². The lowest BCUT2D eigenvalue weighted by Crippen LogP contribution is -2.18. The number of hydrogen-bond donors (Lipinski definition) is 2. The zero-order valence-corrected chi connectivity index (χ0v) is 9.10. The highest BCUT2D eigenvalue weighted by molar-refractivity contribution is 7.80. The Morgan fingerprint density at radius 1 is 1.50 bits per heavy atom. The minimum Gasteiger partial charge on any atom is -0.491 e. The molecular weight excluding hydrogens is 196 g/mol. The average Bonchev–Trinajstić information content (AvgIpc) is 2.01. The van der Waals surface area contributed by atoms with E-state index in [1.807, 2.05) is 38.1 Å².